The van der Waals surface area contributed by atoms with Crippen molar-refractivity contribution in [3.05, 3.63) is 35.4 Å². The van der Waals surface area contributed by atoms with E-state index in [-0.39, 0.29) is 83.9 Å². The lowest BCUT2D eigenvalue weighted by atomic mass is 9.93. The molecule has 10 unspecified atom stereocenters. The molecule has 0 spiro atoms. The molecule has 24 nitrogen and oxygen atoms in total. The molecule has 76 heavy (non-hydrogen) atoms. The summed E-state index contributed by atoms with van der Waals surface area (Å²) in [5.41, 5.74) is 1.51. The van der Waals surface area contributed by atoms with Gasteiger partial charge in [0.2, 0.25) is 11.8 Å². The van der Waals surface area contributed by atoms with E-state index in [0.717, 1.165) is 11.1 Å². The van der Waals surface area contributed by atoms with Crippen molar-refractivity contribution in [1.82, 2.24) is 9.80 Å². The van der Waals surface area contributed by atoms with E-state index in [1.54, 1.807) is 24.0 Å². The Hall–Kier alpha value is -2.64. The molecule has 2 saturated heterocycles. The highest BCUT2D eigenvalue weighted by molar-refractivity contribution is 5.73. The molecule has 2 amide bonds. The Labute approximate surface area is 449 Å². The third-order valence-electron chi connectivity index (χ3n) is 14.3. The second kappa shape index (κ2) is 35.9. The molecule has 1 aromatic carbocycles. The van der Waals surface area contributed by atoms with Crippen molar-refractivity contribution in [1.29, 1.82) is 0 Å². The van der Waals surface area contributed by atoms with Crippen LogP contribution in [0.4, 0.5) is 0 Å². The van der Waals surface area contributed by atoms with Gasteiger partial charge in [-0.25, -0.2) is 0 Å². The second-order valence-electron chi connectivity index (χ2n) is 18.7. The Kier molecular flexibility index (Phi) is 31.9. The molecule has 3 rings (SSSR count). The highest BCUT2D eigenvalue weighted by Crippen LogP contribution is 2.34. The summed E-state index contributed by atoms with van der Waals surface area (Å²) in [6.45, 7) is 2.68. The van der Waals surface area contributed by atoms with Gasteiger partial charge in [0.1, 0.15) is 73.2 Å². The van der Waals surface area contributed by atoms with Gasteiger partial charge in [-0.15, -0.1) is 0 Å². The molecular weight excluding hydrogens is 1000 g/mol. The number of benzene rings is 1. The van der Waals surface area contributed by atoms with E-state index in [0.29, 0.717) is 0 Å². The number of amides is 2. The monoisotopic (exact) mass is 1100 g/mol. The van der Waals surface area contributed by atoms with Crippen molar-refractivity contribution in [3.63, 3.8) is 0 Å². The molecule has 0 bridgehead atoms. The van der Waals surface area contributed by atoms with Gasteiger partial charge in [0, 0.05) is 152 Å². The number of rotatable bonds is 38. The zero-order valence-electron chi connectivity index (χ0n) is 47.5. The maximum atomic E-state index is 13.5. The van der Waals surface area contributed by atoms with Crippen LogP contribution in [0.25, 0.3) is 0 Å². The summed E-state index contributed by atoms with van der Waals surface area (Å²) >= 11 is 0. The molecule has 2 aliphatic heterocycles. The minimum absolute atomic E-state index is 0.0284. The lowest BCUT2D eigenvalue weighted by Gasteiger charge is -2.47. The highest BCUT2D eigenvalue weighted by Gasteiger charge is 2.52. The summed E-state index contributed by atoms with van der Waals surface area (Å²) in [6, 6.07) is 7.51. The van der Waals surface area contributed by atoms with Crippen molar-refractivity contribution in [2.24, 2.45) is 5.92 Å². The molecule has 442 valence electrons. The van der Waals surface area contributed by atoms with E-state index in [2.05, 4.69) is 0 Å². The molecule has 18 atom stereocenters. The molecule has 2 heterocycles. The summed E-state index contributed by atoms with van der Waals surface area (Å²) < 4.78 is 103. The van der Waals surface area contributed by atoms with Crippen molar-refractivity contribution in [2.75, 3.05) is 139 Å². The molecule has 3 N–H and O–H groups in total. The number of carbonyl (C=O) groups is 2. The number of hydrogen-bond acceptors (Lipinski definition) is 22. The maximum Gasteiger partial charge on any atom is 0.219 e. The van der Waals surface area contributed by atoms with Gasteiger partial charge >= 0.3 is 0 Å². The Bertz CT molecular complexity index is 1620. The number of aliphatic hydroxyl groups is 3. The van der Waals surface area contributed by atoms with Crippen LogP contribution in [0, 0.1) is 5.92 Å². The quantitative estimate of drug-likeness (QED) is 0.0812. The van der Waals surface area contributed by atoms with Crippen LogP contribution in [0.3, 0.4) is 0 Å². The van der Waals surface area contributed by atoms with Crippen LogP contribution in [0.1, 0.15) is 37.8 Å². The zero-order chi connectivity index (χ0) is 56.5. The third-order valence-corrected chi connectivity index (χ3v) is 14.3. The van der Waals surface area contributed by atoms with Gasteiger partial charge in [-0.3, -0.25) is 9.59 Å². The molecule has 0 aliphatic carbocycles. The van der Waals surface area contributed by atoms with Crippen LogP contribution in [0.15, 0.2) is 24.3 Å². The van der Waals surface area contributed by atoms with E-state index in [1.807, 2.05) is 24.3 Å². The fourth-order valence-corrected chi connectivity index (χ4v) is 10.3. The molecule has 1 aromatic rings. The number of hydrogen-bond donors (Lipinski definition) is 3. The van der Waals surface area contributed by atoms with E-state index < -0.39 is 110 Å². The lowest BCUT2D eigenvalue weighted by Crippen LogP contribution is -2.63. The van der Waals surface area contributed by atoms with Gasteiger partial charge in [0.25, 0.3) is 0 Å². The average molecular weight is 1100 g/mol. The fraction of sp³-hybridized carbons (Fsp3) is 0.846. The van der Waals surface area contributed by atoms with Crippen LogP contribution in [0.5, 0.6) is 0 Å². The van der Waals surface area contributed by atoms with Gasteiger partial charge in [-0.2, -0.15) is 0 Å². The topological polar surface area (TPSA) is 258 Å². The predicted octanol–water partition coefficient (Wildman–Crippen LogP) is 0.435. The van der Waals surface area contributed by atoms with E-state index >= 15 is 0 Å². The van der Waals surface area contributed by atoms with Crippen molar-refractivity contribution in [3.8, 4) is 0 Å². The Morgan fingerprint density at radius 1 is 0.539 bits per heavy atom. The molecular formula is C52H92N2O22. The minimum atomic E-state index is -1.08. The first-order valence-electron chi connectivity index (χ1n) is 25.5. The maximum absolute atomic E-state index is 13.5. The van der Waals surface area contributed by atoms with Crippen molar-refractivity contribution < 1.29 is 105 Å². The standard InChI is InChI=1S/C52H92N2O22/c1-31(58)53(26-38(63-6)43(66-9)41(35(28-57)29-60-3)75-52-50(72-15)48(70-13)45(68-11)40(74-52)30-61-4)24-33-17-16-18-34(23-33)25-54(32(2)59)27-39(64-7)44(67-10)46(36(62-5)19-21-55)76-51-49(71-14)47(69-12)42(65-8)37(73-51)20-22-56/h16-18,23,35-52,55-57H,19-22,24-30H2,1-15H3/t35-,36?,37?,38?,39+,40?,41?,42+,43?,44-,45+,46+,47+,48?,49?,50?,51+,52?/m0/s1. The molecule has 0 aromatic heterocycles. The Morgan fingerprint density at radius 3 is 1.37 bits per heavy atom. The van der Waals surface area contributed by atoms with Crippen LogP contribution < -0.4 is 0 Å². The van der Waals surface area contributed by atoms with Crippen LogP contribution in [-0.2, 0) is 103 Å². The largest absolute Gasteiger partial charge is 0.396 e. The summed E-state index contributed by atoms with van der Waals surface area (Å²) in [7, 11) is 19.6. The van der Waals surface area contributed by atoms with Crippen LogP contribution in [0.2, 0.25) is 0 Å². The highest BCUT2D eigenvalue weighted by atomic mass is 16.7. The first-order valence-corrected chi connectivity index (χ1v) is 25.5. The second-order valence-corrected chi connectivity index (χ2v) is 18.7. The smallest absolute Gasteiger partial charge is 0.219 e. The molecule has 24 heteroatoms. The summed E-state index contributed by atoms with van der Waals surface area (Å²) in [4.78, 5) is 30.3. The molecule has 0 saturated carbocycles. The number of ether oxygens (including phenoxy) is 17. The Morgan fingerprint density at radius 2 is 0.987 bits per heavy atom. The summed E-state index contributed by atoms with van der Waals surface area (Å²) in [6.07, 6.45) is -13.2. The van der Waals surface area contributed by atoms with Gasteiger partial charge in [-0.1, -0.05) is 24.3 Å². The predicted molar refractivity (Wildman–Crippen MR) is 272 cm³/mol. The number of methoxy groups -OCH3 is 13. The summed E-state index contributed by atoms with van der Waals surface area (Å²) in [5, 5.41) is 30.8. The molecule has 0 radical (unpaired) electrons. The first kappa shape index (κ1) is 67.6. The van der Waals surface area contributed by atoms with E-state index in [9.17, 15) is 24.9 Å². The average Bonchev–Trinajstić information content (AvgIpc) is 3.41. The van der Waals surface area contributed by atoms with Crippen molar-refractivity contribution >= 4 is 11.8 Å². The van der Waals surface area contributed by atoms with Gasteiger partial charge in [0.05, 0.1) is 38.1 Å². The minimum Gasteiger partial charge on any atom is -0.396 e. The van der Waals surface area contributed by atoms with E-state index in [1.165, 1.54) is 92.1 Å². The normalized spacial score (nSPS) is 27.2. The lowest BCUT2D eigenvalue weighted by molar-refractivity contribution is -0.335. The number of carbonyl (C=O) groups excluding carboxylic acids is 2. The van der Waals surface area contributed by atoms with Crippen LogP contribution >= 0.6 is 0 Å². The van der Waals surface area contributed by atoms with E-state index in [4.69, 9.17) is 80.5 Å². The summed E-state index contributed by atoms with van der Waals surface area (Å²) in [5.74, 6) is -1.19. The first-order chi connectivity index (χ1) is 36.7. The SMILES string of the molecule is COCC1OC(OC(C(OC)C(CN(Cc2cccc(CN(C[C@@H](OC)[C@H](OC)[C@H](O[C@H]3OC(CCO)[C@@H](OC)[C@@H](OC)C3OC)C(CCO)OC)C(C)=O)c2)C(C)=O)OC)[C@@H](CO)COC)C(OC)C(OC)[C@@H]1OC. The van der Waals surface area contributed by atoms with Gasteiger partial charge in [0.15, 0.2) is 12.6 Å². The zero-order valence-corrected chi connectivity index (χ0v) is 47.5. The molecule has 2 fully saturated rings. The Balaban J connectivity index is 1.94. The molecule has 2 aliphatic rings. The number of aliphatic hydroxyl groups excluding tert-OH is 3. The van der Waals surface area contributed by atoms with Crippen LogP contribution in [-0.4, -0.2) is 280 Å². The third kappa shape index (κ3) is 18.2. The fourth-order valence-electron chi connectivity index (χ4n) is 10.3. The number of nitrogens with zero attached hydrogens (tertiary/aromatic N) is 2. The van der Waals surface area contributed by atoms with Gasteiger partial charge < -0.3 is 106 Å². The van der Waals surface area contributed by atoms with Gasteiger partial charge in [-0.05, 0) is 24.0 Å². The van der Waals surface area contributed by atoms with Crippen molar-refractivity contribution in [2.45, 2.75) is 144 Å².